The van der Waals surface area contributed by atoms with Crippen LogP contribution >= 0.6 is 11.8 Å². The molecule has 2 saturated heterocycles. The van der Waals surface area contributed by atoms with E-state index in [1.165, 1.54) is 6.42 Å². The molecule has 0 spiro atoms. The molecule has 1 aromatic rings. The van der Waals surface area contributed by atoms with Gasteiger partial charge in [-0.05, 0) is 44.5 Å². The van der Waals surface area contributed by atoms with Crippen molar-refractivity contribution in [2.24, 2.45) is 0 Å². The zero-order valence-electron chi connectivity index (χ0n) is 14.9. The molecule has 0 saturated carbocycles. The van der Waals surface area contributed by atoms with Gasteiger partial charge in [-0.2, -0.15) is 11.8 Å². The van der Waals surface area contributed by atoms with E-state index >= 15 is 0 Å². The van der Waals surface area contributed by atoms with Gasteiger partial charge < -0.3 is 10.2 Å². The molecule has 1 aromatic carbocycles. The van der Waals surface area contributed by atoms with Crippen molar-refractivity contribution in [3.8, 4) is 0 Å². The van der Waals surface area contributed by atoms with Gasteiger partial charge in [0.15, 0.2) is 0 Å². The first-order valence-corrected chi connectivity index (χ1v) is 10.3. The standard InChI is InChI=1S/C19H27N3O2S/c1-15-5-2-3-8-22(15)14-18(23)20-17-7-4-6-16(13-17)19(24)21-9-11-25-12-10-21/h4,6-7,13,15H,2-3,5,8-12,14H2,1H3,(H,20,23). The van der Waals surface area contributed by atoms with Crippen molar-refractivity contribution in [3.05, 3.63) is 29.8 Å². The molecular weight excluding hydrogens is 334 g/mol. The fraction of sp³-hybridized carbons (Fsp3) is 0.579. The zero-order chi connectivity index (χ0) is 17.6. The van der Waals surface area contributed by atoms with Crippen LogP contribution in [0.2, 0.25) is 0 Å². The number of carbonyl (C=O) groups excluding carboxylic acids is 2. The quantitative estimate of drug-likeness (QED) is 0.896. The van der Waals surface area contributed by atoms with Crippen LogP contribution in [-0.4, -0.2) is 65.3 Å². The summed E-state index contributed by atoms with van der Waals surface area (Å²) in [5.41, 5.74) is 1.35. The molecule has 1 N–H and O–H groups in total. The lowest BCUT2D eigenvalue weighted by Gasteiger charge is -2.32. The predicted octanol–water partition coefficient (Wildman–Crippen LogP) is 2.69. The van der Waals surface area contributed by atoms with Crippen molar-refractivity contribution >= 4 is 29.3 Å². The number of piperidine rings is 1. The molecular formula is C19H27N3O2S. The van der Waals surface area contributed by atoms with E-state index in [1.807, 2.05) is 34.9 Å². The lowest BCUT2D eigenvalue weighted by Crippen LogP contribution is -2.42. The second kappa shape index (κ2) is 8.72. The molecule has 0 radical (unpaired) electrons. The molecule has 6 heteroatoms. The van der Waals surface area contributed by atoms with Gasteiger partial charge in [0.25, 0.3) is 5.91 Å². The van der Waals surface area contributed by atoms with Gasteiger partial charge in [0.2, 0.25) is 5.91 Å². The average molecular weight is 362 g/mol. The topological polar surface area (TPSA) is 52.7 Å². The second-order valence-electron chi connectivity index (χ2n) is 6.85. The normalized spacial score (nSPS) is 21.8. The Kier molecular flexibility index (Phi) is 6.37. The van der Waals surface area contributed by atoms with Gasteiger partial charge in [-0.15, -0.1) is 0 Å². The van der Waals surface area contributed by atoms with Crippen LogP contribution in [0.1, 0.15) is 36.5 Å². The molecule has 2 fully saturated rings. The highest BCUT2D eigenvalue weighted by Gasteiger charge is 2.21. The van der Waals surface area contributed by atoms with Crippen LogP contribution in [0, 0.1) is 0 Å². The Morgan fingerprint density at radius 2 is 2.00 bits per heavy atom. The van der Waals surface area contributed by atoms with E-state index in [0.29, 0.717) is 23.8 Å². The van der Waals surface area contributed by atoms with Crippen LogP contribution < -0.4 is 5.32 Å². The third-order valence-electron chi connectivity index (χ3n) is 4.98. The Morgan fingerprint density at radius 1 is 1.20 bits per heavy atom. The lowest BCUT2D eigenvalue weighted by molar-refractivity contribution is -0.118. The average Bonchev–Trinajstić information content (AvgIpc) is 2.64. The summed E-state index contributed by atoms with van der Waals surface area (Å²) >= 11 is 1.88. The summed E-state index contributed by atoms with van der Waals surface area (Å²) < 4.78 is 0. The van der Waals surface area contributed by atoms with Crippen molar-refractivity contribution in [2.75, 3.05) is 43.0 Å². The Labute approximate surface area is 154 Å². The van der Waals surface area contributed by atoms with Gasteiger partial charge in [0.05, 0.1) is 6.54 Å². The molecule has 136 valence electrons. The number of rotatable bonds is 4. The maximum Gasteiger partial charge on any atom is 0.253 e. The number of anilines is 1. The third-order valence-corrected chi connectivity index (χ3v) is 5.92. The van der Waals surface area contributed by atoms with Gasteiger partial charge in [-0.25, -0.2) is 0 Å². The first-order chi connectivity index (χ1) is 12.1. The summed E-state index contributed by atoms with van der Waals surface area (Å²) in [6.07, 6.45) is 3.57. The highest BCUT2D eigenvalue weighted by molar-refractivity contribution is 7.99. The first kappa shape index (κ1) is 18.3. The van der Waals surface area contributed by atoms with E-state index in [2.05, 4.69) is 17.1 Å². The fourth-order valence-corrected chi connectivity index (χ4v) is 4.36. The second-order valence-corrected chi connectivity index (χ2v) is 8.07. The molecule has 0 bridgehead atoms. The smallest absolute Gasteiger partial charge is 0.253 e. The van der Waals surface area contributed by atoms with E-state index in [-0.39, 0.29) is 11.8 Å². The molecule has 2 aliphatic rings. The number of hydrogen-bond donors (Lipinski definition) is 1. The van der Waals surface area contributed by atoms with Crippen molar-refractivity contribution < 1.29 is 9.59 Å². The minimum Gasteiger partial charge on any atom is -0.337 e. The van der Waals surface area contributed by atoms with Gasteiger partial charge in [-0.3, -0.25) is 14.5 Å². The summed E-state index contributed by atoms with van der Waals surface area (Å²) in [7, 11) is 0. The van der Waals surface area contributed by atoms with E-state index in [9.17, 15) is 9.59 Å². The van der Waals surface area contributed by atoms with E-state index in [4.69, 9.17) is 0 Å². The molecule has 0 aliphatic carbocycles. The SMILES string of the molecule is CC1CCCCN1CC(=O)Nc1cccc(C(=O)N2CCSCC2)c1. The van der Waals surface area contributed by atoms with Gasteiger partial charge in [-0.1, -0.05) is 12.5 Å². The third kappa shape index (κ3) is 4.98. The molecule has 0 aromatic heterocycles. The maximum atomic E-state index is 12.6. The van der Waals surface area contributed by atoms with Crippen LogP contribution in [0.3, 0.4) is 0 Å². The number of thioether (sulfide) groups is 1. The van der Waals surface area contributed by atoms with Gasteiger partial charge in [0, 0.05) is 41.9 Å². The number of nitrogens with zero attached hydrogens (tertiary/aromatic N) is 2. The van der Waals surface area contributed by atoms with Crippen LogP contribution in [0.25, 0.3) is 0 Å². The molecule has 3 rings (SSSR count). The Hall–Kier alpha value is -1.53. The number of hydrogen-bond acceptors (Lipinski definition) is 4. The van der Waals surface area contributed by atoms with Crippen LogP contribution in [-0.2, 0) is 4.79 Å². The Morgan fingerprint density at radius 3 is 2.76 bits per heavy atom. The number of nitrogens with one attached hydrogen (secondary N) is 1. The Bertz CT molecular complexity index is 616. The molecule has 2 aliphatic heterocycles. The molecule has 25 heavy (non-hydrogen) atoms. The summed E-state index contributed by atoms with van der Waals surface area (Å²) in [4.78, 5) is 29.1. The van der Waals surface area contributed by atoms with Crippen LogP contribution in [0.5, 0.6) is 0 Å². The van der Waals surface area contributed by atoms with Crippen molar-refractivity contribution in [1.82, 2.24) is 9.80 Å². The van der Waals surface area contributed by atoms with Gasteiger partial charge in [0.1, 0.15) is 0 Å². The van der Waals surface area contributed by atoms with Gasteiger partial charge >= 0.3 is 0 Å². The van der Waals surface area contributed by atoms with Crippen molar-refractivity contribution in [1.29, 1.82) is 0 Å². The summed E-state index contributed by atoms with van der Waals surface area (Å²) in [5, 5.41) is 2.95. The van der Waals surface area contributed by atoms with E-state index in [0.717, 1.165) is 44.0 Å². The summed E-state index contributed by atoms with van der Waals surface area (Å²) in [6, 6.07) is 7.77. The largest absolute Gasteiger partial charge is 0.337 e. The number of likely N-dealkylation sites (tertiary alicyclic amines) is 1. The zero-order valence-corrected chi connectivity index (χ0v) is 15.7. The lowest BCUT2D eigenvalue weighted by atomic mass is 10.0. The molecule has 1 unspecified atom stereocenters. The Balaban J connectivity index is 1.59. The number of carbonyl (C=O) groups is 2. The van der Waals surface area contributed by atoms with Crippen molar-refractivity contribution in [2.45, 2.75) is 32.2 Å². The van der Waals surface area contributed by atoms with E-state index < -0.39 is 0 Å². The number of amides is 2. The summed E-state index contributed by atoms with van der Waals surface area (Å²) in [5.74, 6) is 2.04. The van der Waals surface area contributed by atoms with Crippen LogP contribution in [0.15, 0.2) is 24.3 Å². The van der Waals surface area contributed by atoms with Crippen molar-refractivity contribution in [3.63, 3.8) is 0 Å². The summed E-state index contributed by atoms with van der Waals surface area (Å²) in [6.45, 7) is 5.19. The molecule has 5 nitrogen and oxygen atoms in total. The van der Waals surface area contributed by atoms with E-state index in [1.54, 1.807) is 6.07 Å². The molecule has 2 amide bonds. The predicted molar refractivity (Wildman–Crippen MR) is 103 cm³/mol. The first-order valence-electron chi connectivity index (χ1n) is 9.14. The number of benzene rings is 1. The maximum absolute atomic E-state index is 12.6. The highest BCUT2D eigenvalue weighted by atomic mass is 32.2. The minimum absolute atomic E-state index is 0.00674. The minimum atomic E-state index is -0.00674. The molecule has 2 heterocycles. The molecule has 1 atom stereocenters. The fourth-order valence-electron chi connectivity index (χ4n) is 3.46. The highest BCUT2D eigenvalue weighted by Crippen LogP contribution is 2.18. The van der Waals surface area contributed by atoms with Crippen LogP contribution in [0.4, 0.5) is 5.69 Å². The monoisotopic (exact) mass is 361 g/mol.